The third-order valence-electron chi connectivity index (χ3n) is 5.54. The highest BCUT2D eigenvalue weighted by molar-refractivity contribution is 8.00. The van der Waals surface area contributed by atoms with Gasteiger partial charge in [-0.15, -0.1) is 23.4 Å². The zero-order valence-electron chi connectivity index (χ0n) is 17.1. The van der Waals surface area contributed by atoms with Crippen LogP contribution in [-0.4, -0.2) is 101 Å². The van der Waals surface area contributed by atoms with Crippen molar-refractivity contribution in [2.75, 3.05) is 45.4 Å². The van der Waals surface area contributed by atoms with Gasteiger partial charge >= 0.3 is 5.97 Å². The number of fused-ring (bicyclic) bond motifs is 1. The number of likely N-dealkylation sites (tertiary alicyclic amines) is 1. The predicted octanol–water partition coefficient (Wildman–Crippen LogP) is -3.22. The molecule has 0 aromatic rings. The van der Waals surface area contributed by atoms with E-state index in [9.17, 15) is 24.3 Å². The van der Waals surface area contributed by atoms with Crippen LogP contribution in [0.4, 0.5) is 0 Å². The zero-order valence-corrected chi connectivity index (χ0v) is 19.4. The molecule has 3 aliphatic rings. The number of quaternary nitrogens is 1. The monoisotopic (exact) mass is 494 g/mol. The average Bonchev–Trinajstić information content (AvgIpc) is 3.14. The van der Waals surface area contributed by atoms with E-state index in [2.05, 4.69) is 22.4 Å². The third kappa shape index (κ3) is 5.00. The van der Waals surface area contributed by atoms with Crippen molar-refractivity contribution in [2.45, 2.75) is 24.3 Å². The van der Waals surface area contributed by atoms with Gasteiger partial charge < -0.3 is 32.2 Å². The van der Waals surface area contributed by atoms with E-state index in [0.717, 1.165) is 36.0 Å². The number of thioether (sulfide) groups is 1. The molecule has 0 spiro atoms. The lowest BCUT2D eigenvalue weighted by atomic mass is 10.0. The lowest BCUT2D eigenvalue weighted by Crippen LogP contribution is -3.00. The van der Waals surface area contributed by atoms with Gasteiger partial charge in [-0.1, -0.05) is 5.16 Å². The molecule has 0 aliphatic carbocycles. The Hall–Kier alpha value is -1.82. The number of oxime groups is 1. The maximum Gasteiger partial charge on any atom is 0.352 e. The van der Waals surface area contributed by atoms with Crippen LogP contribution < -0.4 is 17.7 Å². The van der Waals surface area contributed by atoms with Gasteiger partial charge in [0.1, 0.15) is 30.8 Å². The number of likely N-dealkylation sites (N-methyl/N-ethyl adjacent to an activating group) is 1. The van der Waals surface area contributed by atoms with Crippen LogP contribution in [0, 0.1) is 0 Å². The van der Waals surface area contributed by atoms with Crippen molar-refractivity contribution in [3.63, 3.8) is 0 Å². The predicted molar refractivity (Wildman–Crippen MR) is 110 cm³/mol. The fourth-order valence-corrected chi connectivity index (χ4v) is 5.57. The summed E-state index contributed by atoms with van der Waals surface area (Å²) in [4.78, 5) is 54.6. The van der Waals surface area contributed by atoms with Crippen molar-refractivity contribution in [3.8, 4) is 0 Å². The van der Waals surface area contributed by atoms with Gasteiger partial charge in [0.05, 0.1) is 26.0 Å². The van der Waals surface area contributed by atoms with E-state index in [1.54, 1.807) is 0 Å². The Bertz CT molecular complexity index is 843. The van der Waals surface area contributed by atoms with Crippen LogP contribution in [-0.2, 0) is 24.0 Å². The normalized spacial score (nSPS) is 24.7. The first-order chi connectivity index (χ1) is 14.2. The van der Waals surface area contributed by atoms with E-state index in [4.69, 9.17) is 11.6 Å². The molecule has 10 nitrogen and oxygen atoms in total. The molecule has 0 aromatic carbocycles. The number of halogens is 2. The molecule has 2 atom stereocenters. The number of carbonyl (C=O) groups excluding carboxylic acids is 3. The van der Waals surface area contributed by atoms with Gasteiger partial charge in [-0.25, -0.2) is 4.79 Å². The number of amides is 2. The maximum atomic E-state index is 12.7. The van der Waals surface area contributed by atoms with Crippen molar-refractivity contribution >= 4 is 52.6 Å². The summed E-state index contributed by atoms with van der Waals surface area (Å²) in [6.45, 7) is 2.54. The Morgan fingerprint density at radius 3 is 2.55 bits per heavy atom. The highest BCUT2D eigenvalue weighted by Crippen LogP contribution is 2.41. The van der Waals surface area contributed by atoms with Gasteiger partial charge in [-0.05, 0) is 0 Å². The van der Waals surface area contributed by atoms with E-state index in [0.29, 0.717) is 12.3 Å². The van der Waals surface area contributed by atoms with Crippen molar-refractivity contribution < 1.29 is 46.0 Å². The van der Waals surface area contributed by atoms with Crippen molar-refractivity contribution in [1.82, 2.24) is 10.2 Å². The van der Waals surface area contributed by atoms with Crippen LogP contribution in [0.15, 0.2) is 16.4 Å². The highest BCUT2D eigenvalue weighted by Gasteiger charge is 2.55. The van der Waals surface area contributed by atoms with E-state index < -0.39 is 46.6 Å². The van der Waals surface area contributed by atoms with Crippen molar-refractivity contribution in [1.29, 1.82) is 0 Å². The molecule has 31 heavy (non-hydrogen) atoms. The number of carboxylic acid groups (broad SMARTS) is 1. The van der Waals surface area contributed by atoms with Crippen molar-refractivity contribution in [3.05, 3.63) is 11.3 Å². The molecule has 0 radical (unpaired) electrons. The Morgan fingerprint density at radius 2 is 2.00 bits per heavy atom. The lowest BCUT2D eigenvalue weighted by Gasteiger charge is -2.49. The Balaban J connectivity index is 0.00000341. The molecule has 172 valence electrons. The fraction of sp³-hybridized carbons (Fsp3) is 0.611. The summed E-state index contributed by atoms with van der Waals surface area (Å²) < 4.78 is 0.761. The maximum absolute atomic E-state index is 12.7. The molecule has 0 unspecified atom stereocenters. The second kappa shape index (κ2) is 10.2. The molecule has 2 saturated heterocycles. The van der Waals surface area contributed by atoms with Gasteiger partial charge in [0, 0.05) is 24.2 Å². The Labute approximate surface area is 194 Å². The van der Waals surface area contributed by atoms with Crippen LogP contribution in [0.25, 0.3) is 0 Å². The number of hydrogen-bond acceptors (Lipinski definition) is 7. The fourth-order valence-electron chi connectivity index (χ4n) is 4.11. The Morgan fingerprint density at radius 1 is 1.35 bits per heavy atom. The molecule has 2 amide bonds. The van der Waals surface area contributed by atoms with Crippen molar-refractivity contribution in [2.24, 2.45) is 5.16 Å². The topological polar surface area (TPSA) is 125 Å². The number of β-lactam (4-membered cyclic amide) rings is 1. The molecule has 13 heteroatoms. The van der Waals surface area contributed by atoms with E-state index in [1.165, 1.54) is 23.8 Å². The minimum Gasteiger partial charge on any atom is -1.00 e. The Kier molecular flexibility index (Phi) is 8.37. The van der Waals surface area contributed by atoms with Crippen LogP contribution >= 0.6 is 23.4 Å². The molecular formula is C18H24Cl2N4O6S. The number of hydrogen-bond donors (Lipinski definition) is 2. The van der Waals surface area contributed by atoms with Crippen LogP contribution in [0.2, 0.25) is 0 Å². The summed E-state index contributed by atoms with van der Waals surface area (Å²) in [5.41, 5.74) is 0.189. The van der Waals surface area contributed by atoms with Gasteiger partial charge in [0.15, 0.2) is 0 Å². The summed E-state index contributed by atoms with van der Waals surface area (Å²) in [7, 11) is 3.28. The van der Waals surface area contributed by atoms with Crippen LogP contribution in [0.3, 0.4) is 0 Å². The average molecular weight is 495 g/mol. The zero-order chi connectivity index (χ0) is 22.1. The summed E-state index contributed by atoms with van der Waals surface area (Å²) >= 11 is 6.88. The quantitative estimate of drug-likeness (QED) is 0.0907. The first kappa shape index (κ1) is 25.4. The second-order valence-electron chi connectivity index (χ2n) is 7.73. The SMILES string of the molecule is CO/N=C(/C(=O)CCl)C(=O)N[C@@H]1C(=O)N2C(C(=O)O)=C(C[N+]3(C)CCCC3)CS[C@H]12.[Cl-]. The van der Waals surface area contributed by atoms with Gasteiger partial charge in [0.2, 0.25) is 11.5 Å². The van der Waals surface area contributed by atoms with Gasteiger partial charge in [-0.2, -0.15) is 0 Å². The number of rotatable bonds is 8. The summed E-state index contributed by atoms with van der Waals surface area (Å²) in [5.74, 6) is -3.33. The smallest absolute Gasteiger partial charge is 0.352 e. The molecule has 0 aromatic heterocycles. The number of aliphatic carboxylic acids is 1. The number of ketones is 1. The number of nitrogens with zero attached hydrogens (tertiary/aromatic N) is 3. The molecule has 0 saturated carbocycles. The van der Waals surface area contributed by atoms with E-state index >= 15 is 0 Å². The number of carboxylic acids is 1. The highest BCUT2D eigenvalue weighted by atomic mass is 35.5. The number of alkyl halides is 1. The number of Topliss-reactive ketones (excluding diaryl/α,β-unsaturated/α-hetero) is 1. The van der Waals surface area contributed by atoms with Gasteiger partial charge in [-0.3, -0.25) is 19.3 Å². The molecule has 3 rings (SSSR count). The standard InChI is InChI=1S/C18H23ClN4O6S.ClH/c1-23(5-3-4-6-23)8-10-9-30-17-13(16(26)22(17)14(10)18(27)28)20-15(25)12(21-29-2)11(24)7-19;/h13,17H,3-9H2,1-2H3,(H-,20,25,27,28);1H/b21-12-;/t13-,17-;/m1./s1. The third-order valence-corrected chi connectivity index (χ3v) is 7.12. The number of nitrogens with one attached hydrogen (secondary N) is 1. The molecule has 2 N–H and O–H groups in total. The molecule has 3 aliphatic heterocycles. The van der Waals surface area contributed by atoms with Gasteiger partial charge in [0.25, 0.3) is 11.8 Å². The lowest BCUT2D eigenvalue weighted by molar-refractivity contribution is -0.893. The summed E-state index contributed by atoms with van der Waals surface area (Å²) in [5, 5.41) is 15.1. The minimum atomic E-state index is -1.15. The summed E-state index contributed by atoms with van der Waals surface area (Å²) in [6, 6.07) is -0.958. The molecule has 3 heterocycles. The number of carbonyl (C=O) groups is 4. The minimum absolute atomic E-state index is 0. The molecule has 0 bridgehead atoms. The second-order valence-corrected chi connectivity index (χ2v) is 9.10. The van der Waals surface area contributed by atoms with E-state index in [-0.39, 0.29) is 18.1 Å². The first-order valence-electron chi connectivity index (χ1n) is 9.47. The van der Waals surface area contributed by atoms with Crippen LogP contribution in [0.5, 0.6) is 0 Å². The largest absolute Gasteiger partial charge is 1.00 e. The van der Waals surface area contributed by atoms with Crippen LogP contribution in [0.1, 0.15) is 12.8 Å². The molecular weight excluding hydrogens is 471 g/mol. The summed E-state index contributed by atoms with van der Waals surface area (Å²) in [6.07, 6.45) is 2.20. The van der Waals surface area contributed by atoms with E-state index in [1.807, 2.05) is 0 Å². The first-order valence-corrected chi connectivity index (χ1v) is 11.1. The molecule has 2 fully saturated rings.